The second-order valence-corrected chi connectivity index (χ2v) is 4.80. The molecule has 2 aromatic rings. The van der Waals surface area contributed by atoms with Crippen LogP contribution in [0.15, 0.2) is 35.7 Å². The zero-order chi connectivity index (χ0) is 10.8. The van der Waals surface area contributed by atoms with E-state index < -0.39 is 0 Å². The Morgan fingerprint density at radius 2 is 2.00 bits per heavy atom. The fourth-order valence-electron chi connectivity index (χ4n) is 1.59. The summed E-state index contributed by atoms with van der Waals surface area (Å²) < 4.78 is 0. The Kier molecular flexibility index (Phi) is 3.10. The van der Waals surface area contributed by atoms with Gasteiger partial charge in [-0.15, -0.1) is 11.3 Å². The second-order valence-electron chi connectivity index (χ2n) is 3.47. The summed E-state index contributed by atoms with van der Waals surface area (Å²) in [5.74, 6) is 0. The predicted octanol–water partition coefficient (Wildman–Crippen LogP) is 4.09. The number of halogens is 1. The molecule has 0 fully saturated rings. The predicted molar refractivity (Wildman–Crippen MR) is 67.4 cm³/mol. The van der Waals surface area contributed by atoms with Gasteiger partial charge < -0.3 is 5.73 Å². The Bertz CT molecular complexity index is 462. The van der Waals surface area contributed by atoms with Gasteiger partial charge in [0.05, 0.1) is 9.90 Å². The number of hydrogen-bond donors (Lipinski definition) is 1. The summed E-state index contributed by atoms with van der Waals surface area (Å²) in [4.78, 5) is 1.10. The van der Waals surface area contributed by atoms with E-state index in [2.05, 4.69) is 12.1 Å². The largest absolute Gasteiger partial charge is 0.324 e. The van der Waals surface area contributed by atoms with Crippen molar-refractivity contribution in [2.24, 2.45) is 5.73 Å². The molecule has 1 aromatic carbocycles. The summed E-state index contributed by atoms with van der Waals surface area (Å²) >= 11 is 7.77. The van der Waals surface area contributed by atoms with E-state index in [4.69, 9.17) is 17.3 Å². The lowest BCUT2D eigenvalue weighted by molar-refractivity contribution is 0.821. The van der Waals surface area contributed by atoms with Gasteiger partial charge in [0, 0.05) is 6.04 Å². The van der Waals surface area contributed by atoms with E-state index in [-0.39, 0.29) is 6.04 Å². The van der Waals surface area contributed by atoms with Crippen LogP contribution >= 0.6 is 22.9 Å². The highest BCUT2D eigenvalue weighted by atomic mass is 35.5. The van der Waals surface area contributed by atoms with Gasteiger partial charge in [-0.2, -0.15) is 0 Å². The molecule has 0 saturated carbocycles. The average Bonchev–Trinajstić information content (AvgIpc) is 2.64. The molecule has 0 bridgehead atoms. The lowest BCUT2D eigenvalue weighted by Gasteiger charge is -2.11. The Balaban J connectivity index is 2.58. The smallest absolute Gasteiger partial charge is 0.0592 e. The van der Waals surface area contributed by atoms with Crippen molar-refractivity contribution in [1.82, 2.24) is 0 Å². The van der Waals surface area contributed by atoms with Crippen LogP contribution in [0.4, 0.5) is 0 Å². The van der Waals surface area contributed by atoms with Crippen molar-refractivity contribution in [1.29, 1.82) is 0 Å². The maximum atomic E-state index is 6.12. The molecule has 1 unspecified atom stereocenters. The van der Waals surface area contributed by atoms with E-state index >= 15 is 0 Å². The molecule has 1 nitrogen and oxygen atoms in total. The molecule has 0 amide bonds. The summed E-state index contributed by atoms with van der Waals surface area (Å²) in [7, 11) is 0. The minimum absolute atomic E-state index is 0.0272. The van der Waals surface area contributed by atoms with Crippen molar-refractivity contribution in [2.45, 2.75) is 13.0 Å². The first-order valence-electron chi connectivity index (χ1n) is 4.78. The van der Waals surface area contributed by atoms with Gasteiger partial charge >= 0.3 is 0 Å². The highest BCUT2D eigenvalue weighted by molar-refractivity contribution is 7.14. The Morgan fingerprint density at radius 1 is 1.27 bits per heavy atom. The standard InChI is InChI=1S/C12H12ClNS/c1-8(14)9-4-2-3-5-10(9)12-11(13)6-7-15-12/h2-8H,14H2,1H3. The van der Waals surface area contributed by atoms with Crippen molar-refractivity contribution >= 4 is 22.9 Å². The van der Waals surface area contributed by atoms with Crippen molar-refractivity contribution in [3.8, 4) is 10.4 Å². The van der Waals surface area contributed by atoms with Crippen LogP contribution in [0.25, 0.3) is 10.4 Å². The van der Waals surface area contributed by atoms with Crippen LogP contribution < -0.4 is 5.73 Å². The molecule has 3 heteroatoms. The topological polar surface area (TPSA) is 26.0 Å². The van der Waals surface area contributed by atoms with Crippen molar-refractivity contribution in [2.75, 3.05) is 0 Å². The molecule has 78 valence electrons. The molecule has 0 radical (unpaired) electrons. The Hall–Kier alpha value is -0.830. The number of rotatable bonds is 2. The second kappa shape index (κ2) is 4.35. The SMILES string of the molecule is CC(N)c1ccccc1-c1sccc1Cl. The van der Waals surface area contributed by atoms with Crippen LogP contribution in [0.5, 0.6) is 0 Å². The van der Waals surface area contributed by atoms with E-state index in [1.165, 1.54) is 0 Å². The van der Waals surface area contributed by atoms with Crippen molar-refractivity contribution < 1.29 is 0 Å². The summed E-state index contributed by atoms with van der Waals surface area (Å²) in [6.07, 6.45) is 0. The summed E-state index contributed by atoms with van der Waals surface area (Å²) in [5.41, 5.74) is 8.22. The lowest BCUT2D eigenvalue weighted by atomic mass is 10.0. The molecule has 2 N–H and O–H groups in total. The number of benzene rings is 1. The zero-order valence-electron chi connectivity index (χ0n) is 8.41. The van der Waals surface area contributed by atoms with Gasteiger partial charge in [0.15, 0.2) is 0 Å². The molecule has 15 heavy (non-hydrogen) atoms. The fraction of sp³-hybridized carbons (Fsp3) is 0.167. The van der Waals surface area contributed by atoms with Crippen LogP contribution in [0.3, 0.4) is 0 Å². The minimum atomic E-state index is 0.0272. The van der Waals surface area contributed by atoms with Gasteiger partial charge in [-0.25, -0.2) is 0 Å². The molecule has 0 aliphatic carbocycles. The van der Waals surface area contributed by atoms with Crippen LogP contribution in [0.1, 0.15) is 18.5 Å². The van der Waals surface area contributed by atoms with E-state index in [1.807, 2.05) is 30.5 Å². The third-order valence-electron chi connectivity index (χ3n) is 2.31. The van der Waals surface area contributed by atoms with E-state index in [0.717, 1.165) is 21.0 Å². The van der Waals surface area contributed by atoms with Gasteiger partial charge in [-0.3, -0.25) is 0 Å². The highest BCUT2D eigenvalue weighted by Gasteiger charge is 2.11. The summed E-state index contributed by atoms with van der Waals surface area (Å²) in [5, 5.41) is 2.79. The first kappa shape index (κ1) is 10.7. The van der Waals surface area contributed by atoms with Crippen LogP contribution in [-0.4, -0.2) is 0 Å². The third-order valence-corrected chi connectivity index (χ3v) is 3.69. The Morgan fingerprint density at radius 3 is 2.60 bits per heavy atom. The molecule has 0 saturated heterocycles. The maximum Gasteiger partial charge on any atom is 0.0592 e. The molecule has 1 aromatic heterocycles. The summed E-state index contributed by atoms with van der Waals surface area (Å²) in [6.45, 7) is 1.99. The van der Waals surface area contributed by atoms with Gasteiger partial charge in [-0.05, 0) is 29.5 Å². The third kappa shape index (κ3) is 2.07. The fourth-order valence-corrected chi connectivity index (χ4v) is 2.79. The molecule has 1 atom stereocenters. The van der Waals surface area contributed by atoms with E-state index in [9.17, 15) is 0 Å². The van der Waals surface area contributed by atoms with Crippen LogP contribution in [-0.2, 0) is 0 Å². The monoisotopic (exact) mass is 237 g/mol. The molecule has 0 aliphatic heterocycles. The quantitative estimate of drug-likeness (QED) is 0.837. The van der Waals surface area contributed by atoms with Gasteiger partial charge in [0.1, 0.15) is 0 Å². The lowest BCUT2D eigenvalue weighted by Crippen LogP contribution is -2.06. The van der Waals surface area contributed by atoms with Gasteiger partial charge in [0.25, 0.3) is 0 Å². The van der Waals surface area contributed by atoms with E-state index in [1.54, 1.807) is 11.3 Å². The van der Waals surface area contributed by atoms with Gasteiger partial charge in [-0.1, -0.05) is 35.9 Å². The molecule has 0 aliphatic rings. The van der Waals surface area contributed by atoms with Crippen molar-refractivity contribution in [3.05, 3.63) is 46.3 Å². The van der Waals surface area contributed by atoms with Gasteiger partial charge in [0.2, 0.25) is 0 Å². The maximum absolute atomic E-state index is 6.12. The van der Waals surface area contributed by atoms with Crippen LogP contribution in [0.2, 0.25) is 5.02 Å². The van der Waals surface area contributed by atoms with Crippen molar-refractivity contribution in [3.63, 3.8) is 0 Å². The normalized spacial score (nSPS) is 12.7. The molecular formula is C12H12ClNS. The molecule has 0 spiro atoms. The molecule has 2 rings (SSSR count). The molecular weight excluding hydrogens is 226 g/mol. The zero-order valence-corrected chi connectivity index (χ0v) is 9.98. The van der Waals surface area contributed by atoms with Crippen LogP contribution in [0, 0.1) is 0 Å². The average molecular weight is 238 g/mol. The van der Waals surface area contributed by atoms with E-state index in [0.29, 0.717) is 0 Å². The highest BCUT2D eigenvalue weighted by Crippen LogP contribution is 2.36. The minimum Gasteiger partial charge on any atom is -0.324 e. The Labute approximate surface area is 98.5 Å². The number of thiophene rings is 1. The first-order chi connectivity index (χ1) is 7.20. The summed E-state index contributed by atoms with van der Waals surface area (Å²) in [6, 6.07) is 10.1. The number of nitrogens with two attached hydrogens (primary N) is 1. The number of hydrogen-bond acceptors (Lipinski definition) is 2. The molecule has 1 heterocycles. The first-order valence-corrected chi connectivity index (χ1v) is 6.04.